The molecule has 0 radical (unpaired) electrons. The second-order valence-corrected chi connectivity index (χ2v) is 8.32. The van der Waals surface area contributed by atoms with Crippen molar-refractivity contribution in [1.82, 2.24) is 0 Å². The van der Waals surface area contributed by atoms with Gasteiger partial charge in [-0.05, 0) is 62.0 Å². The molecule has 2 atom stereocenters. The van der Waals surface area contributed by atoms with E-state index in [1.807, 2.05) is 0 Å². The molecular weight excluding hydrogens is 256 g/mol. The topological polar surface area (TPSA) is 20.2 Å². The van der Waals surface area contributed by atoms with Crippen molar-refractivity contribution in [3.63, 3.8) is 0 Å². The van der Waals surface area contributed by atoms with Gasteiger partial charge in [-0.1, -0.05) is 51.0 Å². The highest BCUT2D eigenvalue weighted by atomic mass is 16.3. The van der Waals surface area contributed by atoms with Gasteiger partial charge in [-0.3, -0.25) is 0 Å². The maximum atomic E-state index is 11.1. The molecule has 1 nitrogen and oxygen atoms in total. The van der Waals surface area contributed by atoms with E-state index in [4.69, 9.17) is 0 Å². The Morgan fingerprint density at radius 3 is 2.52 bits per heavy atom. The first-order valence-corrected chi connectivity index (χ1v) is 8.48. The van der Waals surface area contributed by atoms with E-state index in [9.17, 15) is 5.11 Å². The molecule has 1 saturated carbocycles. The fourth-order valence-corrected chi connectivity index (χ4v) is 3.78. The summed E-state index contributed by atoms with van der Waals surface area (Å²) in [4.78, 5) is 0. The van der Waals surface area contributed by atoms with E-state index in [-0.39, 0.29) is 0 Å². The van der Waals surface area contributed by atoms with Gasteiger partial charge in [0.1, 0.15) is 0 Å². The van der Waals surface area contributed by atoms with Crippen molar-refractivity contribution in [1.29, 1.82) is 0 Å². The third kappa shape index (κ3) is 4.32. The summed E-state index contributed by atoms with van der Waals surface area (Å²) in [6.45, 7) is 11.3. The van der Waals surface area contributed by atoms with Gasteiger partial charge in [-0.15, -0.1) is 0 Å². The van der Waals surface area contributed by atoms with Crippen LogP contribution >= 0.6 is 0 Å². The van der Waals surface area contributed by atoms with Crippen molar-refractivity contribution in [3.8, 4) is 0 Å². The van der Waals surface area contributed by atoms with Crippen LogP contribution in [0.25, 0.3) is 0 Å². The van der Waals surface area contributed by atoms with Gasteiger partial charge in [0.15, 0.2) is 0 Å². The SMILES string of the molecule is Cc1ccc(C)c(CC2(O)CCCC(C(C)(C)C)CC2)c1. The molecule has 1 N–H and O–H groups in total. The molecule has 2 unspecified atom stereocenters. The molecule has 0 aromatic heterocycles. The summed E-state index contributed by atoms with van der Waals surface area (Å²) < 4.78 is 0. The molecule has 1 aromatic carbocycles. The molecular formula is C20H32O. The third-order valence-corrected chi connectivity index (χ3v) is 5.40. The minimum absolute atomic E-state index is 0.366. The summed E-state index contributed by atoms with van der Waals surface area (Å²) >= 11 is 0. The van der Waals surface area contributed by atoms with Crippen molar-refractivity contribution in [2.75, 3.05) is 0 Å². The zero-order valence-corrected chi connectivity index (χ0v) is 14.5. The van der Waals surface area contributed by atoms with Crippen LogP contribution in [0, 0.1) is 25.2 Å². The first-order valence-electron chi connectivity index (χ1n) is 8.48. The highest BCUT2D eigenvalue weighted by Crippen LogP contribution is 2.40. The number of rotatable bonds is 2. The Bertz CT molecular complexity index is 483. The van der Waals surface area contributed by atoms with E-state index in [0.29, 0.717) is 5.41 Å². The minimum atomic E-state index is -0.501. The van der Waals surface area contributed by atoms with Crippen LogP contribution in [0.15, 0.2) is 18.2 Å². The molecule has 0 aliphatic heterocycles. The number of benzene rings is 1. The zero-order chi connectivity index (χ0) is 15.7. The van der Waals surface area contributed by atoms with Crippen LogP contribution in [0.4, 0.5) is 0 Å². The molecule has 0 amide bonds. The average molecular weight is 288 g/mol. The standard InChI is InChI=1S/C20H32O/c1-15-8-9-16(2)17(13-15)14-20(21)11-6-7-18(10-12-20)19(3,4)5/h8-9,13,18,21H,6-7,10-12,14H2,1-5H3. The molecule has 21 heavy (non-hydrogen) atoms. The number of hydrogen-bond acceptors (Lipinski definition) is 1. The summed E-state index contributed by atoms with van der Waals surface area (Å²) in [6.07, 6.45) is 6.29. The number of hydrogen-bond donors (Lipinski definition) is 1. The summed E-state index contributed by atoms with van der Waals surface area (Å²) in [7, 11) is 0. The quantitative estimate of drug-likeness (QED) is 0.741. The zero-order valence-electron chi connectivity index (χ0n) is 14.5. The fraction of sp³-hybridized carbons (Fsp3) is 0.700. The van der Waals surface area contributed by atoms with Crippen LogP contribution in [0.3, 0.4) is 0 Å². The first-order chi connectivity index (χ1) is 9.70. The van der Waals surface area contributed by atoms with Gasteiger partial charge in [-0.2, -0.15) is 0 Å². The fourth-order valence-electron chi connectivity index (χ4n) is 3.78. The Balaban J connectivity index is 2.10. The van der Waals surface area contributed by atoms with E-state index in [1.165, 1.54) is 23.1 Å². The lowest BCUT2D eigenvalue weighted by atomic mass is 9.76. The second-order valence-electron chi connectivity index (χ2n) is 8.32. The molecule has 1 fully saturated rings. The van der Waals surface area contributed by atoms with E-state index in [2.05, 4.69) is 52.8 Å². The van der Waals surface area contributed by atoms with Crippen LogP contribution in [0.5, 0.6) is 0 Å². The second kappa shape index (κ2) is 6.12. The molecule has 118 valence electrons. The lowest BCUT2D eigenvalue weighted by molar-refractivity contribution is 0.0224. The molecule has 0 spiro atoms. The molecule has 0 saturated heterocycles. The van der Waals surface area contributed by atoms with Gasteiger partial charge in [-0.25, -0.2) is 0 Å². The predicted molar refractivity (Wildman–Crippen MR) is 90.6 cm³/mol. The minimum Gasteiger partial charge on any atom is -0.390 e. The normalized spacial score (nSPS) is 27.4. The van der Waals surface area contributed by atoms with Crippen molar-refractivity contribution in [2.45, 2.75) is 78.7 Å². The van der Waals surface area contributed by atoms with E-state index in [1.54, 1.807) is 0 Å². The maximum Gasteiger partial charge on any atom is 0.0688 e. The van der Waals surface area contributed by atoms with E-state index >= 15 is 0 Å². The molecule has 1 aliphatic carbocycles. The van der Waals surface area contributed by atoms with Gasteiger partial charge in [0.25, 0.3) is 0 Å². The highest BCUT2D eigenvalue weighted by molar-refractivity contribution is 5.31. The summed E-state index contributed by atoms with van der Waals surface area (Å²) in [5.41, 5.74) is 3.79. The summed E-state index contributed by atoms with van der Waals surface area (Å²) in [5, 5.41) is 11.1. The third-order valence-electron chi connectivity index (χ3n) is 5.40. The summed E-state index contributed by atoms with van der Waals surface area (Å²) in [6, 6.07) is 6.59. The maximum absolute atomic E-state index is 11.1. The Morgan fingerprint density at radius 1 is 1.14 bits per heavy atom. The average Bonchev–Trinajstić information content (AvgIpc) is 2.55. The monoisotopic (exact) mass is 288 g/mol. The van der Waals surface area contributed by atoms with Crippen LogP contribution in [-0.4, -0.2) is 10.7 Å². The van der Waals surface area contributed by atoms with Crippen LogP contribution in [-0.2, 0) is 6.42 Å². The van der Waals surface area contributed by atoms with Crippen molar-refractivity contribution >= 4 is 0 Å². The van der Waals surface area contributed by atoms with Crippen LogP contribution in [0.2, 0.25) is 0 Å². The van der Waals surface area contributed by atoms with Crippen LogP contribution in [0.1, 0.15) is 69.6 Å². The van der Waals surface area contributed by atoms with Gasteiger partial charge in [0, 0.05) is 6.42 Å². The lowest BCUT2D eigenvalue weighted by Gasteiger charge is -2.31. The van der Waals surface area contributed by atoms with Crippen molar-refractivity contribution in [2.24, 2.45) is 11.3 Å². The molecule has 1 heteroatoms. The van der Waals surface area contributed by atoms with Gasteiger partial charge >= 0.3 is 0 Å². The Hall–Kier alpha value is -0.820. The first kappa shape index (κ1) is 16.5. The Labute approximate surface area is 130 Å². The molecule has 0 bridgehead atoms. The largest absolute Gasteiger partial charge is 0.390 e. The molecule has 2 rings (SSSR count). The van der Waals surface area contributed by atoms with Gasteiger partial charge < -0.3 is 5.11 Å². The van der Waals surface area contributed by atoms with E-state index < -0.39 is 5.60 Å². The van der Waals surface area contributed by atoms with Crippen molar-refractivity contribution < 1.29 is 5.11 Å². The Morgan fingerprint density at radius 2 is 1.86 bits per heavy atom. The van der Waals surface area contributed by atoms with Gasteiger partial charge in [0.2, 0.25) is 0 Å². The summed E-state index contributed by atoms with van der Waals surface area (Å²) in [5.74, 6) is 0.741. The molecule has 1 aliphatic rings. The van der Waals surface area contributed by atoms with Gasteiger partial charge in [0.05, 0.1) is 5.60 Å². The number of aryl methyl sites for hydroxylation is 2. The van der Waals surface area contributed by atoms with Crippen molar-refractivity contribution in [3.05, 3.63) is 34.9 Å². The Kier molecular flexibility index (Phi) is 4.82. The molecule has 1 aromatic rings. The van der Waals surface area contributed by atoms with E-state index in [0.717, 1.165) is 38.0 Å². The lowest BCUT2D eigenvalue weighted by Crippen LogP contribution is -2.31. The number of aliphatic hydroxyl groups is 1. The smallest absolute Gasteiger partial charge is 0.0688 e. The molecule has 0 heterocycles. The predicted octanol–water partition coefficient (Wildman–Crippen LogP) is 5.20. The highest BCUT2D eigenvalue weighted by Gasteiger charge is 2.35. The van der Waals surface area contributed by atoms with Crippen LogP contribution < -0.4 is 0 Å².